The van der Waals surface area contributed by atoms with Crippen LogP contribution in [-0.4, -0.2) is 54.0 Å². The van der Waals surface area contributed by atoms with Crippen molar-refractivity contribution in [2.45, 2.75) is 26.4 Å². The van der Waals surface area contributed by atoms with Gasteiger partial charge >= 0.3 is 6.09 Å². The van der Waals surface area contributed by atoms with E-state index in [2.05, 4.69) is 10.2 Å². The number of ether oxygens (including phenoxy) is 1. The molecule has 0 saturated heterocycles. The summed E-state index contributed by atoms with van der Waals surface area (Å²) < 4.78 is 4.90. The summed E-state index contributed by atoms with van der Waals surface area (Å²) in [6, 6.07) is 0. The summed E-state index contributed by atoms with van der Waals surface area (Å²) in [6.45, 7) is 4.81. The molecule has 9 heteroatoms. The largest absolute Gasteiger partial charge is 0.442 e. The molecule has 1 rings (SSSR count). The second-order valence-electron chi connectivity index (χ2n) is 5.40. The van der Waals surface area contributed by atoms with Gasteiger partial charge in [-0.3, -0.25) is 24.1 Å². The van der Waals surface area contributed by atoms with Crippen LogP contribution in [0.4, 0.5) is 4.79 Å². The lowest BCUT2D eigenvalue weighted by Crippen LogP contribution is -2.40. The molecule has 2 N–H and O–H groups in total. The molecule has 0 aromatic heterocycles. The van der Waals surface area contributed by atoms with E-state index >= 15 is 0 Å². The third kappa shape index (κ3) is 6.35. The van der Waals surface area contributed by atoms with Crippen LogP contribution in [0, 0.1) is 0 Å². The highest BCUT2D eigenvalue weighted by atomic mass is 16.7. The van der Waals surface area contributed by atoms with Crippen LogP contribution in [0.5, 0.6) is 0 Å². The standard InChI is InChI=1S/C13H19N3O6/c1-13(2,3)22-12(20)15-21-8-9(17)14-6-7-16-10(18)4-5-11(16)19/h4-5H,6-8H2,1-3H3,(H,14,17)(H,15,20). The van der Waals surface area contributed by atoms with E-state index < -0.39 is 36.0 Å². The molecule has 0 bridgehead atoms. The molecular weight excluding hydrogens is 294 g/mol. The second kappa shape index (κ2) is 7.55. The Morgan fingerprint density at radius 1 is 1.18 bits per heavy atom. The summed E-state index contributed by atoms with van der Waals surface area (Å²) in [5.41, 5.74) is 1.30. The summed E-state index contributed by atoms with van der Waals surface area (Å²) in [6.07, 6.45) is 1.52. The molecule has 0 aliphatic carbocycles. The van der Waals surface area contributed by atoms with Gasteiger partial charge in [-0.1, -0.05) is 0 Å². The van der Waals surface area contributed by atoms with Crippen LogP contribution in [0.1, 0.15) is 20.8 Å². The SMILES string of the molecule is CC(C)(C)OC(=O)NOCC(=O)NCCN1C(=O)C=CC1=O. The highest BCUT2D eigenvalue weighted by Crippen LogP contribution is 2.06. The van der Waals surface area contributed by atoms with Gasteiger partial charge in [0.15, 0.2) is 6.61 Å². The third-order valence-corrected chi connectivity index (χ3v) is 2.32. The van der Waals surface area contributed by atoms with E-state index in [0.717, 1.165) is 17.1 Å². The summed E-state index contributed by atoms with van der Waals surface area (Å²) >= 11 is 0. The number of nitrogens with one attached hydrogen (secondary N) is 2. The summed E-state index contributed by atoms with van der Waals surface area (Å²) in [5, 5.41) is 2.44. The number of rotatable bonds is 6. The smallest absolute Gasteiger partial charge is 0.431 e. The maximum Gasteiger partial charge on any atom is 0.431 e. The van der Waals surface area contributed by atoms with Gasteiger partial charge in [0.2, 0.25) is 5.91 Å². The molecule has 0 spiro atoms. The fourth-order valence-electron chi connectivity index (χ4n) is 1.47. The number of nitrogens with zero attached hydrogens (tertiary/aromatic N) is 1. The van der Waals surface area contributed by atoms with Crippen LogP contribution in [0.3, 0.4) is 0 Å². The van der Waals surface area contributed by atoms with Gasteiger partial charge in [0.25, 0.3) is 11.8 Å². The van der Waals surface area contributed by atoms with Crippen molar-refractivity contribution in [2.75, 3.05) is 19.7 Å². The van der Waals surface area contributed by atoms with Gasteiger partial charge in [0, 0.05) is 25.2 Å². The van der Waals surface area contributed by atoms with Crippen LogP contribution >= 0.6 is 0 Å². The van der Waals surface area contributed by atoms with Crippen molar-refractivity contribution in [1.82, 2.24) is 15.7 Å². The maximum atomic E-state index is 11.4. The van der Waals surface area contributed by atoms with Gasteiger partial charge in [-0.15, -0.1) is 0 Å². The highest BCUT2D eigenvalue weighted by molar-refractivity contribution is 6.12. The van der Waals surface area contributed by atoms with Crippen molar-refractivity contribution in [3.05, 3.63) is 12.2 Å². The molecule has 0 unspecified atom stereocenters. The van der Waals surface area contributed by atoms with Crippen LogP contribution in [0.25, 0.3) is 0 Å². The van der Waals surface area contributed by atoms with E-state index in [1.165, 1.54) is 0 Å². The fraction of sp³-hybridized carbons (Fsp3) is 0.538. The first kappa shape index (κ1) is 17.6. The number of carbonyl (C=O) groups excluding carboxylic acids is 4. The van der Waals surface area contributed by atoms with E-state index in [1.54, 1.807) is 20.8 Å². The van der Waals surface area contributed by atoms with Gasteiger partial charge < -0.3 is 10.1 Å². The fourth-order valence-corrected chi connectivity index (χ4v) is 1.47. The lowest BCUT2D eigenvalue weighted by molar-refractivity contribution is -0.137. The lowest BCUT2D eigenvalue weighted by atomic mass is 10.2. The van der Waals surface area contributed by atoms with Gasteiger partial charge in [-0.05, 0) is 20.8 Å². The number of amides is 4. The molecule has 0 atom stereocenters. The van der Waals surface area contributed by atoms with Crippen molar-refractivity contribution in [1.29, 1.82) is 0 Å². The molecule has 0 saturated carbocycles. The molecule has 0 aromatic carbocycles. The van der Waals surface area contributed by atoms with Crippen molar-refractivity contribution in [2.24, 2.45) is 0 Å². The van der Waals surface area contributed by atoms with Crippen molar-refractivity contribution in [3.8, 4) is 0 Å². The number of hydrogen-bond donors (Lipinski definition) is 2. The number of imide groups is 1. The van der Waals surface area contributed by atoms with Crippen molar-refractivity contribution < 1.29 is 28.8 Å². The molecule has 0 radical (unpaired) electrons. The Kier molecular flexibility index (Phi) is 6.05. The Morgan fingerprint density at radius 2 is 1.77 bits per heavy atom. The molecule has 1 heterocycles. The zero-order chi connectivity index (χ0) is 16.8. The summed E-state index contributed by atoms with van der Waals surface area (Å²) in [5.74, 6) is -1.34. The molecule has 0 fully saturated rings. The average Bonchev–Trinajstić information content (AvgIpc) is 2.68. The number of carbonyl (C=O) groups is 4. The predicted molar refractivity (Wildman–Crippen MR) is 74.2 cm³/mol. The molecule has 122 valence electrons. The molecule has 22 heavy (non-hydrogen) atoms. The zero-order valence-electron chi connectivity index (χ0n) is 12.7. The Labute approximate surface area is 127 Å². The first-order valence-corrected chi connectivity index (χ1v) is 6.60. The predicted octanol–water partition coefficient (Wildman–Crippen LogP) is -0.516. The quantitative estimate of drug-likeness (QED) is 0.504. The van der Waals surface area contributed by atoms with E-state index in [0.29, 0.717) is 0 Å². The Hall–Kier alpha value is -2.42. The topological polar surface area (TPSA) is 114 Å². The highest BCUT2D eigenvalue weighted by Gasteiger charge is 2.22. The minimum absolute atomic E-state index is 0.0654. The molecule has 4 amide bonds. The van der Waals surface area contributed by atoms with Crippen LogP contribution in [0.15, 0.2) is 12.2 Å². The first-order valence-electron chi connectivity index (χ1n) is 6.60. The van der Waals surface area contributed by atoms with Gasteiger partial charge in [0.1, 0.15) is 5.60 Å². The van der Waals surface area contributed by atoms with Gasteiger partial charge in [-0.2, -0.15) is 5.48 Å². The number of hydrogen-bond acceptors (Lipinski definition) is 6. The number of hydroxylamine groups is 1. The molecule has 1 aliphatic rings. The van der Waals surface area contributed by atoms with Crippen molar-refractivity contribution in [3.63, 3.8) is 0 Å². The van der Waals surface area contributed by atoms with Crippen LogP contribution in [-0.2, 0) is 24.0 Å². The summed E-state index contributed by atoms with van der Waals surface area (Å²) in [7, 11) is 0. The second-order valence-corrected chi connectivity index (χ2v) is 5.40. The Balaban J connectivity index is 2.13. The van der Waals surface area contributed by atoms with E-state index in [4.69, 9.17) is 4.74 Å². The van der Waals surface area contributed by atoms with Crippen LogP contribution in [0.2, 0.25) is 0 Å². The molecule has 9 nitrogen and oxygen atoms in total. The lowest BCUT2D eigenvalue weighted by Gasteiger charge is -2.19. The zero-order valence-corrected chi connectivity index (χ0v) is 12.7. The van der Waals surface area contributed by atoms with E-state index in [1.807, 2.05) is 5.48 Å². The molecular formula is C13H19N3O6. The van der Waals surface area contributed by atoms with Gasteiger partial charge in [0.05, 0.1) is 0 Å². The monoisotopic (exact) mass is 313 g/mol. The third-order valence-electron chi connectivity index (χ3n) is 2.32. The van der Waals surface area contributed by atoms with E-state index in [9.17, 15) is 19.2 Å². The maximum absolute atomic E-state index is 11.4. The minimum Gasteiger partial charge on any atom is -0.442 e. The molecule has 0 aromatic rings. The molecule has 1 aliphatic heterocycles. The summed E-state index contributed by atoms with van der Waals surface area (Å²) in [4.78, 5) is 50.8. The normalized spacial score (nSPS) is 14.2. The Bertz CT molecular complexity index is 476. The average molecular weight is 313 g/mol. The van der Waals surface area contributed by atoms with Crippen LogP contribution < -0.4 is 10.8 Å². The van der Waals surface area contributed by atoms with Gasteiger partial charge in [-0.25, -0.2) is 4.79 Å². The Morgan fingerprint density at radius 3 is 2.32 bits per heavy atom. The first-order chi connectivity index (χ1) is 10.2. The van der Waals surface area contributed by atoms with Crippen molar-refractivity contribution >= 4 is 23.8 Å². The minimum atomic E-state index is -0.806. The van der Waals surface area contributed by atoms with E-state index in [-0.39, 0.29) is 13.1 Å².